The lowest BCUT2D eigenvalue weighted by Gasteiger charge is -2.33. The molecule has 1 aliphatic rings. The maximum Gasteiger partial charge on any atom is 0.239 e. The monoisotopic (exact) mass is 260 g/mol. The van der Waals surface area contributed by atoms with Crippen molar-refractivity contribution in [3.05, 3.63) is 30.3 Å². The Morgan fingerprint density at radius 1 is 1.21 bits per heavy atom. The molecule has 3 unspecified atom stereocenters. The summed E-state index contributed by atoms with van der Waals surface area (Å²) in [5.41, 5.74) is 0.989. The van der Waals surface area contributed by atoms with Gasteiger partial charge in [0.15, 0.2) is 0 Å². The van der Waals surface area contributed by atoms with Gasteiger partial charge in [-0.3, -0.25) is 4.79 Å². The second kappa shape index (κ2) is 6.60. The molecule has 1 saturated carbocycles. The molecule has 0 spiro atoms. The van der Waals surface area contributed by atoms with Gasteiger partial charge in [0.1, 0.15) is 0 Å². The van der Waals surface area contributed by atoms with E-state index in [1.54, 1.807) is 0 Å². The van der Waals surface area contributed by atoms with E-state index in [0.29, 0.717) is 18.5 Å². The predicted octanol–water partition coefficient (Wildman–Crippen LogP) is 3.04. The molecule has 3 heteroatoms. The highest BCUT2D eigenvalue weighted by molar-refractivity contribution is 5.80. The van der Waals surface area contributed by atoms with E-state index in [-0.39, 0.29) is 5.91 Å². The van der Waals surface area contributed by atoms with Gasteiger partial charge in [0.25, 0.3) is 0 Å². The van der Waals surface area contributed by atoms with Gasteiger partial charge in [-0.15, -0.1) is 0 Å². The Bertz CT molecular complexity index is 404. The summed E-state index contributed by atoms with van der Waals surface area (Å²) in [6.45, 7) is 4.89. The van der Waals surface area contributed by atoms with Gasteiger partial charge in [-0.2, -0.15) is 0 Å². The van der Waals surface area contributed by atoms with Crippen LogP contribution in [0.1, 0.15) is 33.1 Å². The molecule has 0 radical (unpaired) electrons. The van der Waals surface area contributed by atoms with Gasteiger partial charge < -0.3 is 10.6 Å². The lowest BCUT2D eigenvalue weighted by molar-refractivity contribution is -0.120. The number of carbonyl (C=O) groups excluding carboxylic acids is 1. The molecule has 2 rings (SSSR count). The van der Waals surface area contributed by atoms with Crippen molar-refractivity contribution in [1.29, 1.82) is 0 Å². The highest BCUT2D eigenvalue weighted by Gasteiger charge is 2.26. The van der Waals surface area contributed by atoms with Crippen molar-refractivity contribution in [2.45, 2.75) is 39.2 Å². The average Bonchev–Trinajstić information content (AvgIpc) is 2.41. The second-order valence-electron chi connectivity index (χ2n) is 5.79. The van der Waals surface area contributed by atoms with Gasteiger partial charge in [0.2, 0.25) is 5.91 Å². The standard InChI is InChI=1S/C16H24N2O/c1-12-8-9-15(13(2)10-12)18-16(19)11-17-14-6-4-3-5-7-14/h3-7,12-13,15,17H,8-11H2,1-2H3,(H,18,19). The van der Waals surface area contributed by atoms with Crippen LogP contribution >= 0.6 is 0 Å². The molecular weight excluding hydrogens is 236 g/mol. The number of para-hydroxylation sites is 1. The number of nitrogens with one attached hydrogen (secondary N) is 2. The first-order valence-electron chi connectivity index (χ1n) is 7.23. The fraction of sp³-hybridized carbons (Fsp3) is 0.562. The lowest BCUT2D eigenvalue weighted by Crippen LogP contribution is -2.44. The van der Waals surface area contributed by atoms with Crippen molar-refractivity contribution in [3.8, 4) is 0 Å². The molecule has 1 aromatic rings. The minimum atomic E-state index is 0.0928. The van der Waals surface area contributed by atoms with Gasteiger partial charge >= 0.3 is 0 Å². The molecule has 0 bridgehead atoms. The molecule has 19 heavy (non-hydrogen) atoms. The predicted molar refractivity (Wildman–Crippen MR) is 79.0 cm³/mol. The van der Waals surface area contributed by atoms with E-state index in [2.05, 4.69) is 24.5 Å². The number of anilines is 1. The normalized spacial score (nSPS) is 26.7. The number of rotatable bonds is 4. The van der Waals surface area contributed by atoms with Gasteiger partial charge in [-0.25, -0.2) is 0 Å². The quantitative estimate of drug-likeness (QED) is 0.873. The molecule has 3 nitrogen and oxygen atoms in total. The highest BCUT2D eigenvalue weighted by Crippen LogP contribution is 2.28. The van der Waals surface area contributed by atoms with Gasteiger partial charge in [-0.05, 0) is 43.2 Å². The molecule has 0 saturated heterocycles. The zero-order chi connectivity index (χ0) is 13.7. The topological polar surface area (TPSA) is 41.1 Å². The average molecular weight is 260 g/mol. The Kier molecular flexibility index (Phi) is 4.83. The van der Waals surface area contributed by atoms with Gasteiger partial charge in [0.05, 0.1) is 6.54 Å². The Morgan fingerprint density at radius 2 is 1.95 bits per heavy atom. The third kappa shape index (κ3) is 4.27. The Balaban J connectivity index is 1.75. The number of hydrogen-bond donors (Lipinski definition) is 2. The molecule has 0 aromatic heterocycles. The summed E-state index contributed by atoms with van der Waals surface area (Å²) in [4.78, 5) is 11.9. The zero-order valence-corrected chi connectivity index (χ0v) is 11.9. The van der Waals surface area contributed by atoms with Crippen LogP contribution < -0.4 is 10.6 Å². The van der Waals surface area contributed by atoms with Crippen LogP contribution in [0.2, 0.25) is 0 Å². The Hall–Kier alpha value is -1.51. The number of carbonyl (C=O) groups is 1. The van der Waals surface area contributed by atoms with Crippen LogP contribution in [0, 0.1) is 11.8 Å². The first kappa shape index (κ1) is 13.9. The summed E-state index contributed by atoms with van der Waals surface area (Å²) < 4.78 is 0. The van der Waals surface area contributed by atoms with E-state index in [1.165, 1.54) is 12.8 Å². The van der Waals surface area contributed by atoms with Crippen molar-refractivity contribution in [2.24, 2.45) is 11.8 Å². The van der Waals surface area contributed by atoms with E-state index in [9.17, 15) is 4.79 Å². The zero-order valence-electron chi connectivity index (χ0n) is 11.9. The van der Waals surface area contributed by atoms with E-state index < -0.39 is 0 Å². The Labute approximate surface area is 115 Å². The van der Waals surface area contributed by atoms with Crippen LogP contribution in [0.5, 0.6) is 0 Å². The van der Waals surface area contributed by atoms with Crippen LogP contribution in [0.4, 0.5) is 5.69 Å². The smallest absolute Gasteiger partial charge is 0.239 e. The fourth-order valence-electron chi connectivity index (χ4n) is 2.88. The molecule has 0 aliphatic heterocycles. The van der Waals surface area contributed by atoms with E-state index >= 15 is 0 Å². The van der Waals surface area contributed by atoms with Crippen molar-refractivity contribution in [1.82, 2.24) is 5.32 Å². The van der Waals surface area contributed by atoms with Crippen molar-refractivity contribution >= 4 is 11.6 Å². The third-order valence-electron chi connectivity index (χ3n) is 4.00. The summed E-state index contributed by atoms with van der Waals surface area (Å²) in [7, 11) is 0. The minimum Gasteiger partial charge on any atom is -0.376 e. The fourth-order valence-corrected chi connectivity index (χ4v) is 2.88. The molecule has 104 valence electrons. The molecule has 3 atom stereocenters. The van der Waals surface area contributed by atoms with Crippen molar-refractivity contribution in [3.63, 3.8) is 0 Å². The van der Waals surface area contributed by atoms with Crippen LogP contribution in [-0.2, 0) is 4.79 Å². The number of amides is 1. The third-order valence-corrected chi connectivity index (χ3v) is 4.00. The molecule has 1 amide bonds. The molecule has 2 N–H and O–H groups in total. The van der Waals surface area contributed by atoms with Gasteiger partial charge in [0, 0.05) is 11.7 Å². The summed E-state index contributed by atoms with van der Waals surface area (Å²) in [6.07, 6.45) is 3.55. The lowest BCUT2D eigenvalue weighted by atomic mass is 9.80. The second-order valence-corrected chi connectivity index (χ2v) is 5.79. The summed E-state index contributed by atoms with van der Waals surface area (Å²) in [6, 6.07) is 10.2. The number of benzene rings is 1. The van der Waals surface area contributed by atoms with Crippen molar-refractivity contribution < 1.29 is 4.79 Å². The molecule has 1 fully saturated rings. The largest absolute Gasteiger partial charge is 0.376 e. The SMILES string of the molecule is CC1CCC(NC(=O)CNc2ccccc2)C(C)C1. The summed E-state index contributed by atoms with van der Waals surface area (Å²) >= 11 is 0. The minimum absolute atomic E-state index is 0.0928. The van der Waals surface area contributed by atoms with Crippen LogP contribution in [0.3, 0.4) is 0 Å². The highest BCUT2D eigenvalue weighted by atomic mass is 16.1. The van der Waals surface area contributed by atoms with E-state index in [4.69, 9.17) is 0 Å². The maximum atomic E-state index is 11.9. The first-order chi connectivity index (χ1) is 9.15. The maximum absolute atomic E-state index is 11.9. The van der Waals surface area contributed by atoms with Gasteiger partial charge in [-0.1, -0.05) is 32.0 Å². The summed E-state index contributed by atoms with van der Waals surface area (Å²) in [5.74, 6) is 1.48. The molecule has 1 aliphatic carbocycles. The van der Waals surface area contributed by atoms with E-state index in [1.807, 2.05) is 30.3 Å². The Morgan fingerprint density at radius 3 is 2.63 bits per heavy atom. The molecule has 0 heterocycles. The van der Waals surface area contributed by atoms with Crippen LogP contribution in [-0.4, -0.2) is 18.5 Å². The van der Waals surface area contributed by atoms with Crippen LogP contribution in [0.15, 0.2) is 30.3 Å². The molecular formula is C16H24N2O. The van der Waals surface area contributed by atoms with E-state index in [0.717, 1.165) is 18.0 Å². The van der Waals surface area contributed by atoms with Crippen molar-refractivity contribution in [2.75, 3.05) is 11.9 Å². The summed E-state index contributed by atoms with van der Waals surface area (Å²) in [5, 5.41) is 6.30. The first-order valence-corrected chi connectivity index (χ1v) is 7.23. The van der Waals surface area contributed by atoms with Crippen LogP contribution in [0.25, 0.3) is 0 Å². The number of hydrogen-bond acceptors (Lipinski definition) is 2. The molecule has 1 aromatic carbocycles.